The molecule has 1 aliphatic heterocycles. The second-order valence-corrected chi connectivity index (χ2v) is 11.2. The van der Waals surface area contributed by atoms with Crippen molar-refractivity contribution in [2.45, 2.75) is 23.7 Å². The van der Waals surface area contributed by atoms with Crippen molar-refractivity contribution in [1.29, 1.82) is 0 Å². The number of imidazole rings is 1. The van der Waals surface area contributed by atoms with Crippen molar-refractivity contribution in [1.82, 2.24) is 25.6 Å². The molecule has 200 valence electrons. The Kier molecular flexibility index (Phi) is 6.52. The third-order valence-electron chi connectivity index (χ3n) is 6.48. The number of pyridine rings is 1. The summed E-state index contributed by atoms with van der Waals surface area (Å²) in [5.41, 5.74) is 0.863. The molecule has 1 fully saturated rings. The van der Waals surface area contributed by atoms with Crippen molar-refractivity contribution < 1.29 is 27.1 Å². The lowest BCUT2D eigenvalue weighted by atomic mass is 9.93. The van der Waals surface area contributed by atoms with E-state index in [0.717, 1.165) is 11.8 Å². The number of amides is 1. The van der Waals surface area contributed by atoms with Crippen LogP contribution in [0.2, 0.25) is 0 Å². The Bertz CT molecular complexity index is 1690. The maximum atomic E-state index is 13.6. The van der Waals surface area contributed by atoms with Crippen molar-refractivity contribution >= 4 is 21.5 Å². The maximum absolute atomic E-state index is 13.6. The summed E-state index contributed by atoms with van der Waals surface area (Å²) in [5.74, 6) is -0.217. The van der Waals surface area contributed by atoms with Gasteiger partial charge in [0.2, 0.25) is 15.0 Å². The summed E-state index contributed by atoms with van der Waals surface area (Å²) in [6.07, 6.45) is 2.47. The largest absolute Gasteiger partial charge is 0.457 e. The molecule has 2 atom stereocenters. The second-order valence-electron chi connectivity index (χ2n) is 9.27. The summed E-state index contributed by atoms with van der Waals surface area (Å²) in [6, 6.07) is 14.9. The molecule has 0 radical (unpaired) electrons. The fourth-order valence-electron chi connectivity index (χ4n) is 4.23. The number of sulfone groups is 1. The van der Waals surface area contributed by atoms with Crippen LogP contribution in [0.25, 0.3) is 11.3 Å². The molecule has 3 N–H and O–H groups in total. The molecule has 12 heteroatoms. The van der Waals surface area contributed by atoms with Crippen LogP contribution in [0, 0.1) is 5.82 Å². The molecule has 10 nitrogen and oxygen atoms in total. The van der Waals surface area contributed by atoms with Crippen LogP contribution in [0.5, 0.6) is 11.5 Å². The average molecular weight is 550 g/mol. The highest BCUT2D eigenvalue weighted by atomic mass is 32.2. The Balaban J connectivity index is 1.37. The molecule has 0 bridgehead atoms. The SMILES string of the molecule is CNC(=O)c1cc(Oc2ccc(C3(C)NC3C(=O)c3[nH]c(S(C)(=O)=O)nc3-c3ccc(F)cc3)cc2)ccn1. The number of Topliss-reactive ketones (excluding diaryl/α,β-unsaturated/α-hetero) is 1. The first-order valence-electron chi connectivity index (χ1n) is 11.8. The molecule has 2 aromatic carbocycles. The topological polar surface area (TPSA) is 153 Å². The van der Waals surface area contributed by atoms with Crippen LogP contribution in [0.15, 0.2) is 72.0 Å². The van der Waals surface area contributed by atoms with E-state index in [-0.39, 0.29) is 33.9 Å². The molecule has 1 aliphatic rings. The third-order valence-corrected chi connectivity index (χ3v) is 7.37. The summed E-state index contributed by atoms with van der Waals surface area (Å²) >= 11 is 0. The molecule has 4 aromatic rings. The van der Waals surface area contributed by atoms with E-state index in [1.54, 1.807) is 18.2 Å². The van der Waals surface area contributed by atoms with Crippen LogP contribution in [0.1, 0.15) is 33.5 Å². The van der Waals surface area contributed by atoms with Crippen molar-refractivity contribution in [2.24, 2.45) is 0 Å². The van der Waals surface area contributed by atoms with Gasteiger partial charge in [-0.2, -0.15) is 0 Å². The summed E-state index contributed by atoms with van der Waals surface area (Å²) in [7, 11) is -2.22. The average Bonchev–Trinajstić information content (AvgIpc) is 3.40. The first-order valence-corrected chi connectivity index (χ1v) is 13.7. The summed E-state index contributed by atoms with van der Waals surface area (Å²) in [6.45, 7) is 1.86. The van der Waals surface area contributed by atoms with Gasteiger partial charge in [0.25, 0.3) is 5.91 Å². The lowest BCUT2D eigenvalue weighted by Crippen LogP contribution is -2.19. The number of carbonyl (C=O) groups is 2. The predicted molar refractivity (Wildman–Crippen MR) is 140 cm³/mol. The Labute approximate surface area is 223 Å². The van der Waals surface area contributed by atoms with Gasteiger partial charge in [-0.25, -0.2) is 17.8 Å². The number of ether oxygens (including phenoxy) is 1. The fraction of sp³-hybridized carbons (Fsp3) is 0.185. The molecule has 2 unspecified atom stereocenters. The number of nitrogens with one attached hydrogen (secondary N) is 3. The zero-order valence-electron chi connectivity index (χ0n) is 21.2. The molecule has 0 aliphatic carbocycles. The van der Waals surface area contributed by atoms with E-state index in [0.29, 0.717) is 17.1 Å². The van der Waals surface area contributed by atoms with Gasteiger partial charge in [0.15, 0.2) is 5.78 Å². The van der Waals surface area contributed by atoms with Crippen LogP contribution in [-0.2, 0) is 15.4 Å². The lowest BCUT2D eigenvalue weighted by Gasteiger charge is -2.11. The minimum Gasteiger partial charge on any atom is -0.457 e. The van der Waals surface area contributed by atoms with E-state index < -0.39 is 27.2 Å². The minimum atomic E-state index is -3.73. The summed E-state index contributed by atoms with van der Waals surface area (Å²) in [5, 5.41) is 5.36. The highest BCUT2D eigenvalue weighted by Gasteiger charge is 2.56. The van der Waals surface area contributed by atoms with E-state index >= 15 is 0 Å². The zero-order valence-corrected chi connectivity index (χ0v) is 22.0. The molecule has 1 saturated heterocycles. The van der Waals surface area contributed by atoms with Crippen LogP contribution in [0.3, 0.4) is 0 Å². The summed E-state index contributed by atoms with van der Waals surface area (Å²) in [4.78, 5) is 36.2. The number of hydrogen-bond donors (Lipinski definition) is 3. The number of halogens is 1. The van der Waals surface area contributed by atoms with Gasteiger partial charge in [0, 0.05) is 31.1 Å². The Morgan fingerprint density at radius 1 is 1.05 bits per heavy atom. The lowest BCUT2D eigenvalue weighted by molar-refractivity contribution is 0.0955. The normalized spacial score (nSPS) is 18.4. The van der Waals surface area contributed by atoms with Crippen molar-refractivity contribution in [3.63, 3.8) is 0 Å². The van der Waals surface area contributed by atoms with Gasteiger partial charge in [-0.1, -0.05) is 12.1 Å². The van der Waals surface area contributed by atoms with Gasteiger partial charge < -0.3 is 15.0 Å². The quantitative estimate of drug-likeness (QED) is 0.224. The van der Waals surface area contributed by atoms with Crippen LogP contribution < -0.4 is 15.4 Å². The number of rotatable bonds is 8. The molecular formula is C27H24FN5O5S. The standard InChI is InChI=1S/C27H24FN5O5S/c1-27(16-6-10-18(11-7-16)38-19-12-13-30-20(14-19)25(35)29-2)24(33-27)23(34)22-21(15-4-8-17(28)9-5-15)31-26(32-22)39(3,36)37/h4-14,24,33H,1-3H3,(H,29,35)(H,31,32). The van der Waals surface area contributed by atoms with E-state index in [1.807, 2.05) is 19.1 Å². The molecule has 0 saturated carbocycles. The molecule has 39 heavy (non-hydrogen) atoms. The highest BCUT2D eigenvalue weighted by Crippen LogP contribution is 2.41. The van der Waals surface area contributed by atoms with Gasteiger partial charge in [0.05, 0.1) is 11.6 Å². The van der Waals surface area contributed by atoms with Crippen LogP contribution in [0.4, 0.5) is 4.39 Å². The van der Waals surface area contributed by atoms with Gasteiger partial charge in [0.1, 0.15) is 34.4 Å². The number of nitrogens with zero attached hydrogens (tertiary/aromatic N) is 2. The molecule has 0 spiro atoms. The van der Waals surface area contributed by atoms with E-state index in [1.165, 1.54) is 43.6 Å². The van der Waals surface area contributed by atoms with Gasteiger partial charge in [-0.05, 0) is 55.0 Å². The predicted octanol–water partition coefficient (Wildman–Crippen LogP) is 3.24. The fourth-order valence-corrected chi connectivity index (χ4v) is 4.78. The Morgan fingerprint density at radius 2 is 1.74 bits per heavy atom. The summed E-state index contributed by atoms with van der Waals surface area (Å²) < 4.78 is 43.6. The maximum Gasteiger partial charge on any atom is 0.269 e. The van der Waals surface area contributed by atoms with Crippen molar-refractivity contribution in [3.8, 4) is 22.8 Å². The van der Waals surface area contributed by atoms with Gasteiger partial charge in [-0.3, -0.25) is 19.9 Å². The zero-order chi connectivity index (χ0) is 27.9. The minimum absolute atomic E-state index is 0.0211. The second kappa shape index (κ2) is 9.71. The number of ketones is 1. The van der Waals surface area contributed by atoms with E-state index in [2.05, 4.69) is 25.6 Å². The third kappa shape index (κ3) is 5.16. The number of aromatic nitrogens is 3. The molecule has 5 rings (SSSR count). The van der Waals surface area contributed by atoms with Crippen molar-refractivity contribution in [2.75, 3.05) is 13.3 Å². The highest BCUT2D eigenvalue weighted by molar-refractivity contribution is 7.90. The number of aromatic amines is 1. The monoisotopic (exact) mass is 549 g/mol. The van der Waals surface area contributed by atoms with E-state index in [4.69, 9.17) is 4.74 Å². The number of benzene rings is 2. The van der Waals surface area contributed by atoms with Gasteiger partial charge in [-0.15, -0.1) is 0 Å². The smallest absolute Gasteiger partial charge is 0.269 e. The van der Waals surface area contributed by atoms with E-state index in [9.17, 15) is 22.4 Å². The van der Waals surface area contributed by atoms with Crippen LogP contribution in [-0.4, -0.2) is 54.4 Å². The first-order chi connectivity index (χ1) is 18.5. The van der Waals surface area contributed by atoms with Crippen molar-refractivity contribution in [3.05, 3.63) is 89.6 Å². The van der Waals surface area contributed by atoms with Gasteiger partial charge >= 0.3 is 0 Å². The first kappa shape index (κ1) is 26.2. The molecule has 2 aromatic heterocycles. The molecular weight excluding hydrogens is 525 g/mol. The number of H-pyrrole nitrogens is 1. The Hall–Kier alpha value is -4.42. The number of hydrogen-bond acceptors (Lipinski definition) is 8. The number of carbonyl (C=O) groups excluding carboxylic acids is 2. The molecule has 3 heterocycles. The molecule has 1 amide bonds. The van der Waals surface area contributed by atoms with Crippen LogP contribution >= 0.6 is 0 Å². The Morgan fingerprint density at radius 3 is 2.38 bits per heavy atom.